The number of nitrogens with one attached hydrogen (secondary N) is 1. The highest BCUT2D eigenvalue weighted by Crippen LogP contribution is 2.14. The fraction of sp³-hybridized carbons (Fsp3) is 1.00. The summed E-state index contributed by atoms with van der Waals surface area (Å²) in [5.41, 5.74) is 0. The van der Waals surface area contributed by atoms with E-state index in [0.29, 0.717) is 25.6 Å². The van der Waals surface area contributed by atoms with Gasteiger partial charge in [0.2, 0.25) is 0 Å². The van der Waals surface area contributed by atoms with Crippen LogP contribution in [0.5, 0.6) is 0 Å². The highest BCUT2D eigenvalue weighted by molar-refractivity contribution is 7.87. The predicted molar refractivity (Wildman–Crippen MR) is 72.6 cm³/mol. The molecule has 1 fully saturated rings. The summed E-state index contributed by atoms with van der Waals surface area (Å²) in [5.74, 6) is 0.413. The molecule has 0 amide bonds. The molecule has 0 saturated carbocycles. The maximum atomic E-state index is 12.2. The Bertz CT molecular complexity index is 331. The largest absolute Gasteiger partial charge is 0.373 e. The number of rotatable bonds is 6. The van der Waals surface area contributed by atoms with Crippen molar-refractivity contribution in [2.45, 2.75) is 52.7 Å². The van der Waals surface area contributed by atoms with E-state index in [2.05, 4.69) is 18.6 Å². The second kappa shape index (κ2) is 6.84. The van der Waals surface area contributed by atoms with Gasteiger partial charge in [0.1, 0.15) is 0 Å². The third kappa shape index (κ3) is 4.50. The lowest BCUT2D eigenvalue weighted by Gasteiger charge is -2.34. The van der Waals surface area contributed by atoms with Crippen LogP contribution in [-0.4, -0.2) is 44.6 Å². The molecule has 0 aromatic heterocycles. The van der Waals surface area contributed by atoms with Gasteiger partial charge in [-0.15, -0.1) is 0 Å². The van der Waals surface area contributed by atoms with Crippen LogP contribution in [0.3, 0.4) is 0 Å². The smallest absolute Gasteiger partial charge is 0.279 e. The third-order valence-electron chi connectivity index (χ3n) is 3.44. The van der Waals surface area contributed by atoms with Gasteiger partial charge in [-0.05, 0) is 19.8 Å². The Balaban J connectivity index is 2.57. The van der Waals surface area contributed by atoms with Gasteiger partial charge in [0, 0.05) is 19.6 Å². The lowest BCUT2D eigenvalue weighted by molar-refractivity contribution is -0.0444. The minimum atomic E-state index is -3.36. The standard InChI is InChI=1S/C12H26N2O3S/c1-5-12(6-2)7-13-18(15,16)14-8-10(3)17-11(4)9-14/h10-13H,5-9H2,1-4H3. The zero-order valence-electron chi connectivity index (χ0n) is 11.8. The fourth-order valence-electron chi connectivity index (χ4n) is 2.22. The molecule has 1 heterocycles. The van der Waals surface area contributed by atoms with E-state index >= 15 is 0 Å². The van der Waals surface area contributed by atoms with E-state index in [1.165, 1.54) is 4.31 Å². The predicted octanol–water partition coefficient (Wildman–Crippen LogP) is 1.37. The Morgan fingerprint density at radius 3 is 2.17 bits per heavy atom. The molecule has 0 radical (unpaired) electrons. The molecule has 0 bridgehead atoms. The molecular formula is C12H26N2O3S. The molecule has 1 N–H and O–H groups in total. The molecule has 0 aromatic rings. The van der Waals surface area contributed by atoms with E-state index in [9.17, 15) is 8.42 Å². The highest BCUT2D eigenvalue weighted by Gasteiger charge is 2.30. The van der Waals surface area contributed by atoms with Crippen molar-refractivity contribution in [2.24, 2.45) is 5.92 Å². The van der Waals surface area contributed by atoms with Crippen molar-refractivity contribution >= 4 is 10.2 Å². The van der Waals surface area contributed by atoms with E-state index < -0.39 is 10.2 Å². The molecule has 6 heteroatoms. The van der Waals surface area contributed by atoms with Crippen LogP contribution >= 0.6 is 0 Å². The fourth-order valence-corrected chi connectivity index (χ4v) is 3.66. The summed E-state index contributed by atoms with van der Waals surface area (Å²) in [6.45, 7) is 9.36. The lowest BCUT2D eigenvalue weighted by Crippen LogP contribution is -2.52. The van der Waals surface area contributed by atoms with Gasteiger partial charge in [0.25, 0.3) is 10.2 Å². The maximum absolute atomic E-state index is 12.2. The summed E-state index contributed by atoms with van der Waals surface area (Å²) in [6, 6.07) is 0. The van der Waals surface area contributed by atoms with E-state index in [1.54, 1.807) is 0 Å². The first-order valence-corrected chi connectivity index (χ1v) is 8.23. The summed E-state index contributed by atoms with van der Waals surface area (Å²) in [5, 5.41) is 0. The Labute approximate surface area is 111 Å². The normalized spacial score (nSPS) is 26.7. The molecule has 5 nitrogen and oxygen atoms in total. The van der Waals surface area contributed by atoms with Crippen molar-refractivity contribution in [3.63, 3.8) is 0 Å². The van der Waals surface area contributed by atoms with Gasteiger partial charge in [-0.2, -0.15) is 12.7 Å². The SMILES string of the molecule is CCC(CC)CNS(=O)(=O)N1CC(C)OC(C)C1. The quantitative estimate of drug-likeness (QED) is 0.798. The second-order valence-corrected chi connectivity index (χ2v) is 6.87. The third-order valence-corrected chi connectivity index (χ3v) is 4.94. The summed E-state index contributed by atoms with van der Waals surface area (Å²) >= 11 is 0. The Morgan fingerprint density at radius 2 is 1.72 bits per heavy atom. The van der Waals surface area contributed by atoms with E-state index in [-0.39, 0.29) is 12.2 Å². The molecule has 0 aromatic carbocycles. The number of ether oxygens (including phenoxy) is 1. The molecule has 1 aliphatic heterocycles. The first kappa shape index (κ1) is 15.9. The molecule has 0 spiro atoms. The van der Waals surface area contributed by atoms with Crippen LogP contribution in [-0.2, 0) is 14.9 Å². The topological polar surface area (TPSA) is 58.6 Å². The minimum Gasteiger partial charge on any atom is -0.373 e. The average molecular weight is 278 g/mol. The molecule has 2 atom stereocenters. The molecular weight excluding hydrogens is 252 g/mol. The highest BCUT2D eigenvalue weighted by atomic mass is 32.2. The molecule has 0 aliphatic carbocycles. The number of hydrogen-bond acceptors (Lipinski definition) is 3. The Hall–Kier alpha value is -0.170. The molecule has 1 rings (SSSR count). The minimum absolute atomic E-state index is 0.0431. The van der Waals surface area contributed by atoms with Crippen LogP contribution in [0.25, 0.3) is 0 Å². The first-order valence-electron chi connectivity index (χ1n) is 6.79. The van der Waals surface area contributed by atoms with Gasteiger partial charge in [-0.25, -0.2) is 4.72 Å². The van der Waals surface area contributed by atoms with Gasteiger partial charge in [-0.1, -0.05) is 26.7 Å². The van der Waals surface area contributed by atoms with Gasteiger partial charge < -0.3 is 4.74 Å². The molecule has 108 valence electrons. The van der Waals surface area contributed by atoms with E-state index in [0.717, 1.165) is 12.8 Å². The zero-order chi connectivity index (χ0) is 13.8. The summed E-state index contributed by atoms with van der Waals surface area (Å²) < 4.78 is 34.1. The van der Waals surface area contributed by atoms with Crippen LogP contribution in [0.2, 0.25) is 0 Å². The maximum Gasteiger partial charge on any atom is 0.279 e. The number of nitrogens with zero attached hydrogens (tertiary/aromatic N) is 1. The van der Waals surface area contributed by atoms with Crippen LogP contribution in [0.1, 0.15) is 40.5 Å². The van der Waals surface area contributed by atoms with Crippen molar-refractivity contribution in [3.8, 4) is 0 Å². The van der Waals surface area contributed by atoms with Crippen molar-refractivity contribution in [1.29, 1.82) is 0 Å². The van der Waals surface area contributed by atoms with Crippen LogP contribution < -0.4 is 4.72 Å². The first-order chi connectivity index (χ1) is 8.39. The summed E-state index contributed by atoms with van der Waals surface area (Å²) in [6.07, 6.45) is 1.90. The zero-order valence-corrected chi connectivity index (χ0v) is 12.7. The van der Waals surface area contributed by atoms with Gasteiger partial charge >= 0.3 is 0 Å². The van der Waals surface area contributed by atoms with E-state index in [1.807, 2.05) is 13.8 Å². The molecule has 2 unspecified atom stereocenters. The van der Waals surface area contributed by atoms with E-state index in [4.69, 9.17) is 4.74 Å². The second-order valence-electron chi connectivity index (χ2n) is 5.11. The van der Waals surface area contributed by atoms with Crippen molar-refractivity contribution in [3.05, 3.63) is 0 Å². The average Bonchev–Trinajstić information content (AvgIpc) is 2.29. The lowest BCUT2D eigenvalue weighted by atomic mass is 10.0. The molecule has 1 aliphatic rings. The monoisotopic (exact) mass is 278 g/mol. The van der Waals surface area contributed by atoms with Crippen molar-refractivity contribution in [1.82, 2.24) is 9.03 Å². The van der Waals surface area contributed by atoms with Gasteiger partial charge in [-0.3, -0.25) is 0 Å². The van der Waals surface area contributed by atoms with Gasteiger partial charge in [0.15, 0.2) is 0 Å². The van der Waals surface area contributed by atoms with Crippen LogP contribution in [0.4, 0.5) is 0 Å². The van der Waals surface area contributed by atoms with Crippen LogP contribution in [0.15, 0.2) is 0 Å². The number of morpholine rings is 1. The molecule has 1 saturated heterocycles. The van der Waals surface area contributed by atoms with Crippen molar-refractivity contribution in [2.75, 3.05) is 19.6 Å². The van der Waals surface area contributed by atoms with Gasteiger partial charge in [0.05, 0.1) is 12.2 Å². The summed E-state index contributed by atoms with van der Waals surface area (Å²) in [4.78, 5) is 0. The Kier molecular flexibility index (Phi) is 6.04. The summed E-state index contributed by atoms with van der Waals surface area (Å²) in [7, 11) is -3.36. The molecule has 18 heavy (non-hydrogen) atoms. The van der Waals surface area contributed by atoms with Crippen LogP contribution in [0, 0.1) is 5.92 Å². The van der Waals surface area contributed by atoms with Crippen molar-refractivity contribution < 1.29 is 13.2 Å². The Morgan fingerprint density at radius 1 is 1.22 bits per heavy atom. The number of hydrogen-bond donors (Lipinski definition) is 1.